The minimum Gasteiger partial charge on any atom is -0.370 e. The molecule has 0 aliphatic heterocycles. The Morgan fingerprint density at radius 1 is 1.40 bits per heavy atom. The van der Waals surface area contributed by atoms with Gasteiger partial charge in [0, 0.05) is 30.2 Å². The van der Waals surface area contributed by atoms with E-state index in [4.69, 9.17) is 5.73 Å². The van der Waals surface area contributed by atoms with Gasteiger partial charge >= 0.3 is 0 Å². The maximum atomic E-state index is 5.83. The molecule has 0 amide bonds. The number of guanidine groups is 1. The van der Waals surface area contributed by atoms with E-state index in [1.54, 1.807) is 0 Å². The molecule has 20 heavy (non-hydrogen) atoms. The van der Waals surface area contributed by atoms with Crippen LogP contribution in [0.1, 0.15) is 25.0 Å². The van der Waals surface area contributed by atoms with Crippen molar-refractivity contribution in [2.75, 3.05) is 13.1 Å². The molecule has 4 heteroatoms. The lowest BCUT2D eigenvalue weighted by atomic mass is 10.1. The first-order chi connectivity index (χ1) is 9.58. The van der Waals surface area contributed by atoms with Gasteiger partial charge in [-0.2, -0.15) is 0 Å². The Morgan fingerprint density at radius 2 is 2.20 bits per heavy atom. The zero-order valence-corrected chi connectivity index (χ0v) is 12.5. The molecule has 1 aromatic carbocycles. The zero-order chi connectivity index (χ0) is 14.5. The highest BCUT2D eigenvalue weighted by atomic mass is 15.1. The Bertz CT molecular complexity index is 596. The molecular formula is C16H24N4. The molecule has 0 saturated carbocycles. The summed E-state index contributed by atoms with van der Waals surface area (Å²) in [4.78, 5) is 7.64. The van der Waals surface area contributed by atoms with Gasteiger partial charge in [-0.25, -0.2) is 0 Å². The largest absolute Gasteiger partial charge is 0.370 e. The second-order valence-electron chi connectivity index (χ2n) is 5.61. The van der Waals surface area contributed by atoms with Crippen LogP contribution in [0.3, 0.4) is 0 Å². The number of H-pyrrole nitrogens is 1. The average molecular weight is 272 g/mol. The van der Waals surface area contributed by atoms with Crippen molar-refractivity contribution in [1.82, 2.24) is 10.3 Å². The Balaban J connectivity index is 1.93. The van der Waals surface area contributed by atoms with Gasteiger partial charge in [0.05, 0.1) is 0 Å². The van der Waals surface area contributed by atoms with E-state index >= 15 is 0 Å². The van der Waals surface area contributed by atoms with Crippen LogP contribution >= 0.6 is 0 Å². The molecule has 0 bridgehead atoms. The molecule has 1 aromatic heterocycles. The summed E-state index contributed by atoms with van der Waals surface area (Å²) in [6.45, 7) is 7.95. The van der Waals surface area contributed by atoms with Gasteiger partial charge in [0.1, 0.15) is 0 Å². The van der Waals surface area contributed by atoms with E-state index < -0.39 is 0 Å². The SMILES string of the molecule is Cc1cccc2c(CCNC(N)=NCC(C)C)c[nH]c12. The van der Waals surface area contributed by atoms with Crippen molar-refractivity contribution < 1.29 is 0 Å². The second-order valence-corrected chi connectivity index (χ2v) is 5.61. The summed E-state index contributed by atoms with van der Waals surface area (Å²) >= 11 is 0. The summed E-state index contributed by atoms with van der Waals surface area (Å²) in [7, 11) is 0. The van der Waals surface area contributed by atoms with E-state index in [1.807, 2.05) is 0 Å². The molecule has 0 saturated heterocycles. The minimum absolute atomic E-state index is 0.534. The third-order valence-electron chi connectivity index (χ3n) is 3.34. The van der Waals surface area contributed by atoms with Crippen molar-refractivity contribution in [2.24, 2.45) is 16.6 Å². The number of aryl methyl sites for hydroxylation is 1. The molecule has 0 atom stereocenters. The number of hydrogen-bond donors (Lipinski definition) is 3. The predicted molar refractivity (Wildman–Crippen MR) is 86.1 cm³/mol. The molecule has 0 spiro atoms. The quantitative estimate of drug-likeness (QED) is 0.578. The van der Waals surface area contributed by atoms with Gasteiger partial charge in [0.2, 0.25) is 0 Å². The van der Waals surface area contributed by atoms with Gasteiger partial charge in [0.15, 0.2) is 5.96 Å². The lowest BCUT2D eigenvalue weighted by molar-refractivity contribution is 0.661. The normalized spacial score (nSPS) is 12.3. The first-order valence-electron chi connectivity index (χ1n) is 7.17. The van der Waals surface area contributed by atoms with Crippen LogP contribution < -0.4 is 11.1 Å². The fourth-order valence-corrected chi connectivity index (χ4v) is 2.23. The maximum Gasteiger partial charge on any atom is 0.188 e. The van der Waals surface area contributed by atoms with Crippen LogP contribution in [0.5, 0.6) is 0 Å². The third kappa shape index (κ3) is 3.53. The number of fused-ring (bicyclic) bond motifs is 1. The number of benzene rings is 1. The van der Waals surface area contributed by atoms with E-state index in [-0.39, 0.29) is 0 Å². The molecule has 4 N–H and O–H groups in total. The fourth-order valence-electron chi connectivity index (χ4n) is 2.23. The molecule has 0 aliphatic rings. The number of aliphatic imine (C=N–C) groups is 1. The molecule has 0 fully saturated rings. The van der Waals surface area contributed by atoms with Gasteiger partial charge in [-0.1, -0.05) is 32.0 Å². The van der Waals surface area contributed by atoms with Crippen molar-refractivity contribution in [3.8, 4) is 0 Å². The highest BCUT2D eigenvalue weighted by Crippen LogP contribution is 2.21. The van der Waals surface area contributed by atoms with Crippen LogP contribution in [-0.2, 0) is 6.42 Å². The number of hydrogen-bond acceptors (Lipinski definition) is 1. The lowest BCUT2D eigenvalue weighted by Crippen LogP contribution is -2.33. The summed E-state index contributed by atoms with van der Waals surface area (Å²) in [6, 6.07) is 6.38. The van der Waals surface area contributed by atoms with Crippen LogP contribution in [0.4, 0.5) is 0 Å². The van der Waals surface area contributed by atoms with Crippen molar-refractivity contribution >= 4 is 16.9 Å². The summed E-state index contributed by atoms with van der Waals surface area (Å²) in [5, 5.41) is 4.47. The van der Waals surface area contributed by atoms with Crippen LogP contribution in [0.15, 0.2) is 29.4 Å². The smallest absolute Gasteiger partial charge is 0.188 e. The second kappa shape index (κ2) is 6.46. The fraction of sp³-hybridized carbons (Fsp3) is 0.438. The van der Waals surface area contributed by atoms with Crippen LogP contribution in [-0.4, -0.2) is 24.0 Å². The highest BCUT2D eigenvalue weighted by Gasteiger charge is 2.05. The molecule has 2 aromatic rings. The first kappa shape index (κ1) is 14.4. The topological polar surface area (TPSA) is 66.2 Å². The maximum absolute atomic E-state index is 5.83. The van der Waals surface area contributed by atoms with E-state index in [9.17, 15) is 0 Å². The van der Waals surface area contributed by atoms with Gasteiger partial charge in [-0.3, -0.25) is 4.99 Å². The zero-order valence-electron chi connectivity index (χ0n) is 12.5. The van der Waals surface area contributed by atoms with E-state index in [2.05, 4.69) is 60.5 Å². The molecule has 0 unspecified atom stereocenters. The van der Waals surface area contributed by atoms with Crippen molar-refractivity contribution in [2.45, 2.75) is 27.2 Å². The molecule has 0 aliphatic carbocycles. The van der Waals surface area contributed by atoms with Crippen LogP contribution in [0.2, 0.25) is 0 Å². The third-order valence-corrected chi connectivity index (χ3v) is 3.34. The van der Waals surface area contributed by atoms with Crippen molar-refractivity contribution in [1.29, 1.82) is 0 Å². The summed E-state index contributed by atoms with van der Waals surface area (Å²) < 4.78 is 0. The lowest BCUT2D eigenvalue weighted by Gasteiger charge is -2.06. The van der Waals surface area contributed by atoms with Gasteiger partial charge < -0.3 is 16.0 Å². The number of nitrogens with zero attached hydrogens (tertiary/aromatic N) is 1. The number of rotatable bonds is 5. The van der Waals surface area contributed by atoms with Gasteiger partial charge in [-0.15, -0.1) is 0 Å². The number of para-hydroxylation sites is 1. The molecule has 108 valence electrons. The Morgan fingerprint density at radius 3 is 2.95 bits per heavy atom. The van der Waals surface area contributed by atoms with Crippen molar-refractivity contribution in [3.05, 3.63) is 35.5 Å². The molecule has 4 nitrogen and oxygen atoms in total. The number of aromatic nitrogens is 1. The Hall–Kier alpha value is -1.97. The summed E-state index contributed by atoms with van der Waals surface area (Å²) in [5.74, 6) is 1.07. The van der Waals surface area contributed by atoms with Crippen LogP contribution in [0, 0.1) is 12.8 Å². The minimum atomic E-state index is 0.534. The van der Waals surface area contributed by atoms with E-state index in [1.165, 1.54) is 22.0 Å². The molecule has 0 radical (unpaired) electrons. The summed E-state index contributed by atoms with van der Waals surface area (Å²) in [6.07, 6.45) is 3.02. The first-order valence-corrected chi connectivity index (χ1v) is 7.17. The molecule has 1 heterocycles. The number of nitrogens with two attached hydrogens (primary N) is 1. The van der Waals surface area contributed by atoms with Gasteiger partial charge in [0.25, 0.3) is 0 Å². The monoisotopic (exact) mass is 272 g/mol. The standard InChI is InChI=1S/C16H24N4/c1-11(2)9-20-16(17)18-8-7-13-10-19-15-12(3)5-4-6-14(13)15/h4-6,10-11,19H,7-9H2,1-3H3,(H3,17,18,20). The number of aromatic amines is 1. The summed E-state index contributed by atoms with van der Waals surface area (Å²) in [5.41, 5.74) is 9.65. The van der Waals surface area contributed by atoms with E-state index in [0.29, 0.717) is 11.9 Å². The van der Waals surface area contributed by atoms with Gasteiger partial charge in [-0.05, 0) is 30.4 Å². The van der Waals surface area contributed by atoms with Crippen molar-refractivity contribution in [3.63, 3.8) is 0 Å². The highest BCUT2D eigenvalue weighted by molar-refractivity contribution is 5.86. The molecule has 2 rings (SSSR count). The van der Waals surface area contributed by atoms with Crippen LogP contribution in [0.25, 0.3) is 10.9 Å². The predicted octanol–water partition coefficient (Wildman–Crippen LogP) is 2.58. The Kier molecular flexibility index (Phi) is 4.66. The van der Waals surface area contributed by atoms with E-state index in [0.717, 1.165) is 19.5 Å². The Labute approximate surface area is 120 Å². The average Bonchev–Trinajstić information content (AvgIpc) is 2.81. The molecular weight excluding hydrogens is 248 g/mol. The number of nitrogens with one attached hydrogen (secondary N) is 2.